The number of nitrogens with two attached hydrogens (primary N) is 1. The highest BCUT2D eigenvalue weighted by Crippen LogP contribution is 2.26. The Hall–Kier alpha value is -1.36. The summed E-state index contributed by atoms with van der Waals surface area (Å²) in [6.45, 7) is 7.80. The maximum atomic E-state index is 5.98. The average molecular weight is 264 g/mol. The molecule has 0 spiro atoms. The van der Waals surface area contributed by atoms with Crippen molar-refractivity contribution in [1.82, 2.24) is 9.97 Å². The Morgan fingerprint density at radius 3 is 2.84 bits per heavy atom. The number of anilines is 2. The third kappa shape index (κ3) is 3.35. The molecule has 1 atom stereocenters. The molecule has 1 saturated heterocycles. The third-order valence-corrected chi connectivity index (χ3v) is 3.56. The molecule has 1 aromatic heterocycles. The Balaban J connectivity index is 2.22. The van der Waals surface area contributed by atoms with Crippen LogP contribution in [-0.2, 0) is 11.2 Å². The zero-order chi connectivity index (χ0) is 13.9. The second-order valence-electron chi connectivity index (χ2n) is 5.59. The highest BCUT2D eigenvalue weighted by molar-refractivity contribution is 5.56. The third-order valence-electron chi connectivity index (χ3n) is 3.56. The molecule has 0 aromatic carbocycles. The predicted octanol–water partition coefficient (Wildman–Crippen LogP) is 2.30. The Bertz CT molecular complexity index is 441. The van der Waals surface area contributed by atoms with Gasteiger partial charge in [-0.25, -0.2) is 9.97 Å². The second-order valence-corrected chi connectivity index (χ2v) is 5.59. The molecule has 1 unspecified atom stereocenters. The molecular formula is C14H24N4O. The molecule has 5 nitrogen and oxygen atoms in total. The molecule has 2 heterocycles. The van der Waals surface area contributed by atoms with Gasteiger partial charge in [-0.1, -0.05) is 6.92 Å². The first-order valence-electron chi connectivity index (χ1n) is 7.03. The van der Waals surface area contributed by atoms with Gasteiger partial charge in [0.25, 0.3) is 0 Å². The number of ether oxygens (including phenoxy) is 1. The van der Waals surface area contributed by atoms with Gasteiger partial charge in [0.05, 0.1) is 12.1 Å². The number of rotatable bonds is 4. The van der Waals surface area contributed by atoms with E-state index in [-0.39, 0.29) is 5.54 Å². The van der Waals surface area contributed by atoms with Crippen LogP contribution in [0.2, 0.25) is 0 Å². The largest absolute Gasteiger partial charge is 0.383 e. The van der Waals surface area contributed by atoms with Crippen LogP contribution in [0.3, 0.4) is 0 Å². The summed E-state index contributed by atoms with van der Waals surface area (Å²) in [6, 6.07) is 0. The number of hydrogen-bond donors (Lipinski definition) is 2. The van der Waals surface area contributed by atoms with Gasteiger partial charge in [0.1, 0.15) is 17.5 Å². The molecule has 0 radical (unpaired) electrons. The molecule has 1 aliphatic rings. The van der Waals surface area contributed by atoms with E-state index in [9.17, 15) is 0 Å². The van der Waals surface area contributed by atoms with Gasteiger partial charge in [-0.3, -0.25) is 0 Å². The molecule has 3 N–H and O–H groups in total. The molecule has 19 heavy (non-hydrogen) atoms. The van der Waals surface area contributed by atoms with Gasteiger partial charge in [-0.15, -0.1) is 0 Å². The van der Waals surface area contributed by atoms with E-state index in [4.69, 9.17) is 10.5 Å². The first-order chi connectivity index (χ1) is 9.04. The van der Waals surface area contributed by atoms with E-state index in [0.29, 0.717) is 12.4 Å². The molecule has 0 amide bonds. The number of aryl methyl sites for hydroxylation is 1. The summed E-state index contributed by atoms with van der Waals surface area (Å²) in [4.78, 5) is 8.94. The van der Waals surface area contributed by atoms with Crippen molar-refractivity contribution in [2.75, 3.05) is 24.3 Å². The van der Waals surface area contributed by atoms with Crippen LogP contribution < -0.4 is 11.1 Å². The molecule has 1 aliphatic heterocycles. The molecule has 0 saturated carbocycles. The summed E-state index contributed by atoms with van der Waals surface area (Å²) < 4.78 is 5.57. The SMILES string of the molecule is CCCc1nc(N)c(C)c(NC2(C)CCCOC2)n1. The topological polar surface area (TPSA) is 73.1 Å². The van der Waals surface area contributed by atoms with Crippen LogP contribution in [0.25, 0.3) is 0 Å². The lowest BCUT2D eigenvalue weighted by Crippen LogP contribution is -2.43. The van der Waals surface area contributed by atoms with Gasteiger partial charge in [0, 0.05) is 18.6 Å². The highest BCUT2D eigenvalue weighted by Gasteiger charge is 2.28. The normalized spacial score (nSPS) is 23.3. The lowest BCUT2D eigenvalue weighted by molar-refractivity contribution is 0.0538. The van der Waals surface area contributed by atoms with Crippen molar-refractivity contribution in [2.24, 2.45) is 0 Å². The van der Waals surface area contributed by atoms with Crippen molar-refractivity contribution in [2.45, 2.75) is 52.0 Å². The van der Waals surface area contributed by atoms with Crippen molar-refractivity contribution in [3.05, 3.63) is 11.4 Å². The van der Waals surface area contributed by atoms with Crippen LogP contribution in [0.1, 0.15) is 44.5 Å². The molecule has 0 aliphatic carbocycles. The summed E-state index contributed by atoms with van der Waals surface area (Å²) in [5.41, 5.74) is 6.84. The number of nitrogens with one attached hydrogen (secondary N) is 1. The minimum Gasteiger partial charge on any atom is -0.383 e. The Morgan fingerprint density at radius 2 is 2.21 bits per heavy atom. The zero-order valence-electron chi connectivity index (χ0n) is 12.1. The smallest absolute Gasteiger partial charge is 0.135 e. The monoisotopic (exact) mass is 264 g/mol. The van der Waals surface area contributed by atoms with E-state index in [2.05, 4.69) is 29.1 Å². The van der Waals surface area contributed by atoms with Crippen molar-refractivity contribution in [3.8, 4) is 0 Å². The zero-order valence-corrected chi connectivity index (χ0v) is 12.1. The molecule has 5 heteroatoms. The quantitative estimate of drug-likeness (QED) is 0.873. The maximum absolute atomic E-state index is 5.98. The van der Waals surface area contributed by atoms with E-state index in [0.717, 1.165) is 49.5 Å². The lowest BCUT2D eigenvalue weighted by Gasteiger charge is -2.35. The molecule has 1 fully saturated rings. The summed E-state index contributed by atoms with van der Waals surface area (Å²) >= 11 is 0. The maximum Gasteiger partial charge on any atom is 0.135 e. The predicted molar refractivity (Wildman–Crippen MR) is 77.3 cm³/mol. The number of nitrogens with zero attached hydrogens (tertiary/aromatic N) is 2. The van der Waals surface area contributed by atoms with E-state index >= 15 is 0 Å². The summed E-state index contributed by atoms with van der Waals surface area (Å²) in [5.74, 6) is 2.23. The van der Waals surface area contributed by atoms with Crippen LogP contribution in [0.5, 0.6) is 0 Å². The molecular weight excluding hydrogens is 240 g/mol. The Morgan fingerprint density at radius 1 is 1.42 bits per heavy atom. The first-order valence-corrected chi connectivity index (χ1v) is 7.03. The van der Waals surface area contributed by atoms with Gasteiger partial charge in [0.2, 0.25) is 0 Å². The van der Waals surface area contributed by atoms with Gasteiger partial charge in [0.15, 0.2) is 0 Å². The van der Waals surface area contributed by atoms with Crippen molar-refractivity contribution in [1.29, 1.82) is 0 Å². The van der Waals surface area contributed by atoms with Crippen LogP contribution in [0, 0.1) is 6.92 Å². The van der Waals surface area contributed by atoms with Gasteiger partial charge >= 0.3 is 0 Å². The minimum absolute atomic E-state index is 0.0622. The van der Waals surface area contributed by atoms with E-state index < -0.39 is 0 Å². The second kappa shape index (κ2) is 5.74. The lowest BCUT2D eigenvalue weighted by atomic mass is 9.94. The van der Waals surface area contributed by atoms with Crippen molar-refractivity contribution < 1.29 is 4.74 Å². The average Bonchev–Trinajstić information content (AvgIpc) is 2.36. The summed E-state index contributed by atoms with van der Waals surface area (Å²) in [7, 11) is 0. The summed E-state index contributed by atoms with van der Waals surface area (Å²) in [6.07, 6.45) is 4.03. The molecule has 1 aromatic rings. The van der Waals surface area contributed by atoms with E-state index in [1.54, 1.807) is 0 Å². The van der Waals surface area contributed by atoms with Crippen molar-refractivity contribution >= 4 is 11.6 Å². The molecule has 106 valence electrons. The van der Waals surface area contributed by atoms with Crippen LogP contribution >= 0.6 is 0 Å². The van der Waals surface area contributed by atoms with Crippen LogP contribution in [0.15, 0.2) is 0 Å². The van der Waals surface area contributed by atoms with Crippen LogP contribution in [0.4, 0.5) is 11.6 Å². The fourth-order valence-corrected chi connectivity index (χ4v) is 2.36. The standard InChI is InChI=1S/C14H24N4O/c1-4-6-11-16-12(15)10(2)13(17-11)18-14(3)7-5-8-19-9-14/h4-9H2,1-3H3,(H3,15,16,17,18). The van der Waals surface area contributed by atoms with E-state index in [1.165, 1.54) is 0 Å². The fraction of sp³-hybridized carbons (Fsp3) is 0.714. The number of aromatic nitrogens is 2. The van der Waals surface area contributed by atoms with Gasteiger partial charge in [-0.05, 0) is 33.1 Å². The van der Waals surface area contributed by atoms with Crippen molar-refractivity contribution in [3.63, 3.8) is 0 Å². The number of hydrogen-bond acceptors (Lipinski definition) is 5. The first kappa shape index (κ1) is 14.1. The Kier molecular flexibility index (Phi) is 4.24. The van der Waals surface area contributed by atoms with E-state index in [1.807, 2.05) is 6.92 Å². The molecule has 0 bridgehead atoms. The van der Waals surface area contributed by atoms with Gasteiger partial charge in [-0.2, -0.15) is 0 Å². The fourth-order valence-electron chi connectivity index (χ4n) is 2.36. The highest BCUT2D eigenvalue weighted by atomic mass is 16.5. The minimum atomic E-state index is -0.0622. The Labute approximate surface area is 115 Å². The number of nitrogen functional groups attached to an aromatic ring is 1. The van der Waals surface area contributed by atoms with Crippen LogP contribution in [-0.4, -0.2) is 28.7 Å². The summed E-state index contributed by atoms with van der Waals surface area (Å²) in [5, 5.41) is 3.51. The van der Waals surface area contributed by atoms with Gasteiger partial charge < -0.3 is 15.8 Å². The molecule has 2 rings (SSSR count).